The van der Waals surface area contributed by atoms with Crippen molar-refractivity contribution in [3.63, 3.8) is 0 Å². The number of pyridine rings is 1. The van der Waals surface area contributed by atoms with Crippen LogP contribution in [0.3, 0.4) is 0 Å². The standard InChI is InChI=1S/C23H25ClF2N4O3.2C2H6/c1-22(2,3)33-21(32)30-9-12(10-30)29-19-18(26)16-13(8-27-19)20(31)28-11-23(16,4)14-6-5-7-15(24)17(14)25;2*1-2/h5-8,12H,9-11H2,1-4H3,(H,27,29)(H,28,31);2*1-2H3/t23-;;/m1../s1. The van der Waals surface area contributed by atoms with Crippen LogP contribution < -0.4 is 10.6 Å². The number of benzene rings is 1. The Morgan fingerprint density at radius 1 is 1.19 bits per heavy atom. The van der Waals surface area contributed by atoms with E-state index in [1.165, 1.54) is 23.2 Å². The summed E-state index contributed by atoms with van der Waals surface area (Å²) in [5, 5.41) is 5.59. The Morgan fingerprint density at radius 3 is 2.41 bits per heavy atom. The number of carbonyl (C=O) groups is 2. The molecule has 204 valence electrons. The number of amides is 2. The Morgan fingerprint density at radius 2 is 1.81 bits per heavy atom. The van der Waals surface area contributed by atoms with Gasteiger partial charge in [-0.05, 0) is 33.8 Å². The third kappa shape index (κ3) is 6.32. The van der Waals surface area contributed by atoms with Gasteiger partial charge in [0.25, 0.3) is 5.91 Å². The van der Waals surface area contributed by atoms with Gasteiger partial charge in [-0.15, -0.1) is 0 Å². The molecular weight excluding hydrogens is 502 g/mol. The van der Waals surface area contributed by atoms with Gasteiger partial charge >= 0.3 is 6.09 Å². The van der Waals surface area contributed by atoms with Gasteiger partial charge in [0.15, 0.2) is 11.6 Å². The van der Waals surface area contributed by atoms with Gasteiger partial charge in [-0.1, -0.05) is 51.4 Å². The smallest absolute Gasteiger partial charge is 0.410 e. The van der Waals surface area contributed by atoms with Crippen molar-refractivity contribution in [3.8, 4) is 0 Å². The zero-order chi connectivity index (χ0) is 28.1. The molecule has 3 heterocycles. The largest absolute Gasteiger partial charge is 0.444 e. The predicted molar refractivity (Wildman–Crippen MR) is 142 cm³/mol. The number of ether oxygens (including phenoxy) is 1. The summed E-state index contributed by atoms with van der Waals surface area (Å²) in [6.07, 6.45) is 0.834. The van der Waals surface area contributed by atoms with Gasteiger partial charge in [0.2, 0.25) is 0 Å². The molecule has 1 aromatic heterocycles. The predicted octanol–water partition coefficient (Wildman–Crippen LogP) is 6.15. The summed E-state index contributed by atoms with van der Waals surface area (Å²) < 4.78 is 36.0. The summed E-state index contributed by atoms with van der Waals surface area (Å²) in [6.45, 7) is 15.6. The summed E-state index contributed by atoms with van der Waals surface area (Å²) in [6, 6.07) is 4.28. The first kappa shape index (κ1) is 30.3. The number of hydrogen-bond acceptors (Lipinski definition) is 5. The Balaban J connectivity index is 0.00000115. The number of fused-ring (bicyclic) bond motifs is 1. The molecule has 0 aliphatic carbocycles. The lowest BCUT2D eigenvalue weighted by molar-refractivity contribution is 0.0104. The maximum atomic E-state index is 15.8. The highest BCUT2D eigenvalue weighted by Crippen LogP contribution is 2.41. The quantitative estimate of drug-likeness (QED) is 0.490. The molecule has 1 aromatic carbocycles. The number of nitrogens with zero attached hydrogens (tertiary/aromatic N) is 2. The van der Waals surface area contributed by atoms with E-state index in [-0.39, 0.29) is 40.1 Å². The van der Waals surface area contributed by atoms with Crippen molar-refractivity contribution in [2.45, 2.75) is 72.4 Å². The van der Waals surface area contributed by atoms with E-state index in [2.05, 4.69) is 15.6 Å². The second-order valence-electron chi connectivity index (χ2n) is 9.55. The highest BCUT2D eigenvalue weighted by molar-refractivity contribution is 6.30. The molecular formula is C27H37ClF2N4O3. The van der Waals surface area contributed by atoms with E-state index in [1.54, 1.807) is 33.8 Å². The van der Waals surface area contributed by atoms with Crippen LogP contribution in [0.2, 0.25) is 5.02 Å². The van der Waals surface area contributed by atoms with Crippen molar-refractivity contribution in [1.29, 1.82) is 0 Å². The van der Waals surface area contributed by atoms with Gasteiger partial charge in [0, 0.05) is 42.4 Å². The number of nitrogens with one attached hydrogen (secondary N) is 2. The first-order valence-electron chi connectivity index (χ1n) is 12.6. The van der Waals surface area contributed by atoms with E-state index >= 15 is 4.39 Å². The molecule has 0 bridgehead atoms. The maximum absolute atomic E-state index is 15.8. The van der Waals surface area contributed by atoms with Crippen molar-refractivity contribution in [1.82, 2.24) is 15.2 Å². The van der Waals surface area contributed by atoms with Gasteiger partial charge in [0.1, 0.15) is 11.4 Å². The van der Waals surface area contributed by atoms with Crippen LogP contribution in [0.5, 0.6) is 0 Å². The third-order valence-corrected chi connectivity index (χ3v) is 6.13. The molecule has 1 atom stereocenters. The average molecular weight is 539 g/mol. The summed E-state index contributed by atoms with van der Waals surface area (Å²) in [7, 11) is 0. The third-order valence-electron chi connectivity index (χ3n) is 5.84. The van der Waals surface area contributed by atoms with Crippen molar-refractivity contribution in [2.24, 2.45) is 0 Å². The maximum Gasteiger partial charge on any atom is 0.410 e. The fourth-order valence-corrected chi connectivity index (χ4v) is 4.31. The number of rotatable bonds is 3. The number of aromatic nitrogens is 1. The summed E-state index contributed by atoms with van der Waals surface area (Å²) in [4.78, 5) is 30.1. The molecule has 1 fully saturated rings. The average Bonchev–Trinajstić information content (AvgIpc) is 2.82. The highest BCUT2D eigenvalue weighted by atomic mass is 35.5. The van der Waals surface area contributed by atoms with E-state index in [0.29, 0.717) is 13.1 Å². The lowest BCUT2D eigenvalue weighted by atomic mass is 9.72. The molecule has 2 aliphatic heterocycles. The minimum absolute atomic E-state index is 0.00762. The lowest BCUT2D eigenvalue weighted by Crippen LogP contribution is -2.58. The zero-order valence-corrected chi connectivity index (χ0v) is 23.5. The van der Waals surface area contributed by atoms with Gasteiger partial charge in [0.05, 0.1) is 16.6 Å². The SMILES string of the molecule is CC.CC.CC(C)(C)OC(=O)N1CC(Nc2ncc3c(c2F)[C@@](C)(c2cccc(Cl)c2F)CNC3=O)C1. The first-order valence-corrected chi connectivity index (χ1v) is 12.9. The van der Waals surface area contributed by atoms with Crippen LogP contribution in [0.1, 0.15) is 76.9 Å². The van der Waals surface area contributed by atoms with Gasteiger partial charge in [-0.2, -0.15) is 0 Å². The Labute approximate surface area is 222 Å². The van der Waals surface area contributed by atoms with Crippen LogP contribution in [-0.4, -0.2) is 53.2 Å². The highest BCUT2D eigenvalue weighted by Gasteiger charge is 2.43. The molecule has 4 rings (SSSR count). The fraction of sp³-hybridized carbons (Fsp3) is 0.519. The van der Waals surface area contributed by atoms with Crippen LogP contribution in [-0.2, 0) is 10.2 Å². The van der Waals surface area contributed by atoms with Crippen molar-refractivity contribution in [3.05, 3.63) is 57.7 Å². The molecule has 2 amide bonds. The lowest BCUT2D eigenvalue weighted by Gasteiger charge is -2.41. The van der Waals surface area contributed by atoms with E-state index in [1.807, 2.05) is 27.7 Å². The molecule has 0 spiro atoms. The van der Waals surface area contributed by atoms with Gasteiger partial charge in [-0.25, -0.2) is 18.6 Å². The van der Waals surface area contributed by atoms with Crippen molar-refractivity contribution >= 4 is 29.4 Å². The number of anilines is 1. The van der Waals surface area contributed by atoms with Gasteiger partial charge < -0.3 is 20.3 Å². The summed E-state index contributed by atoms with van der Waals surface area (Å²) >= 11 is 5.97. The Hall–Kier alpha value is -2.94. The molecule has 10 heteroatoms. The molecule has 1 saturated heterocycles. The van der Waals surface area contributed by atoms with E-state index in [0.717, 1.165) is 0 Å². The van der Waals surface area contributed by atoms with E-state index < -0.39 is 34.7 Å². The zero-order valence-electron chi connectivity index (χ0n) is 22.8. The Bertz CT molecular complexity index is 1130. The monoisotopic (exact) mass is 538 g/mol. The number of hydrogen-bond donors (Lipinski definition) is 2. The van der Waals surface area contributed by atoms with Crippen LogP contribution in [0.15, 0.2) is 24.4 Å². The molecule has 0 unspecified atom stereocenters. The number of halogens is 3. The van der Waals surface area contributed by atoms with Gasteiger partial charge in [-0.3, -0.25) is 4.79 Å². The fourth-order valence-electron chi connectivity index (χ4n) is 4.14. The first-order chi connectivity index (χ1) is 17.4. The second kappa shape index (κ2) is 12.1. The van der Waals surface area contributed by atoms with Crippen LogP contribution >= 0.6 is 11.6 Å². The number of carbonyl (C=O) groups excluding carboxylic acids is 2. The van der Waals surface area contributed by atoms with Crippen molar-refractivity contribution < 1.29 is 23.1 Å². The van der Waals surface area contributed by atoms with Crippen LogP contribution in [0.4, 0.5) is 19.4 Å². The topological polar surface area (TPSA) is 83.6 Å². The second-order valence-corrected chi connectivity index (χ2v) is 9.96. The molecule has 37 heavy (non-hydrogen) atoms. The Kier molecular flexibility index (Phi) is 9.88. The normalized spacial score (nSPS) is 18.7. The molecule has 2 N–H and O–H groups in total. The molecule has 0 saturated carbocycles. The van der Waals surface area contributed by atoms with Crippen molar-refractivity contribution in [2.75, 3.05) is 25.0 Å². The van der Waals surface area contributed by atoms with Crippen LogP contribution in [0.25, 0.3) is 0 Å². The van der Waals surface area contributed by atoms with E-state index in [9.17, 15) is 14.0 Å². The summed E-state index contributed by atoms with van der Waals surface area (Å²) in [5.74, 6) is -1.95. The molecule has 2 aromatic rings. The molecule has 2 aliphatic rings. The minimum atomic E-state index is -1.20. The van der Waals surface area contributed by atoms with E-state index in [4.69, 9.17) is 16.3 Å². The number of likely N-dealkylation sites (tertiary alicyclic amines) is 1. The minimum Gasteiger partial charge on any atom is -0.444 e. The van der Waals surface area contributed by atoms with Crippen LogP contribution in [0, 0.1) is 11.6 Å². The summed E-state index contributed by atoms with van der Waals surface area (Å²) in [5.41, 5.74) is -1.55. The molecule has 7 nitrogen and oxygen atoms in total. The molecule has 0 radical (unpaired) electrons.